The molecule has 3 rings (SSSR count). The van der Waals surface area contributed by atoms with E-state index in [1.165, 1.54) is 6.07 Å². The SMILES string of the molecule is O=C(Nc1cccc(Br)c1)C1CC(=O)N(c2c(F)cccc2F)C1. The predicted octanol–water partition coefficient (Wildman–Crippen LogP) is 3.72. The zero-order valence-corrected chi connectivity index (χ0v) is 14.0. The highest BCUT2D eigenvalue weighted by molar-refractivity contribution is 9.10. The second-order valence-electron chi connectivity index (χ2n) is 5.48. The van der Waals surface area contributed by atoms with Crippen molar-refractivity contribution < 1.29 is 18.4 Å². The van der Waals surface area contributed by atoms with Crippen molar-refractivity contribution in [2.45, 2.75) is 6.42 Å². The number of halogens is 3. The van der Waals surface area contributed by atoms with Gasteiger partial charge in [0.05, 0.1) is 5.92 Å². The topological polar surface area (TPSA) is 49.4 Å². The van der Waals surface area contributed by atoms with Crippen LogP contribution >= 0.6 is 15.9 Å². The molecule has 124 valence electrons. The van der Waals surface area contributed by atoms with Crippen LogP contribution < -0.4 is 10.2 Å². The largest absolute Gasteiger partial charge is 0.326 e. The number of anilines is 2. The first-order valence-corrected chi connectivity index (χ1v) is 8.06. The molecule has 1 unspecified atom stereocenters. The molecule has 1 aliphatic heterocycles. The van der Waals surface area contributed by atoms with Gasteiger partial charge in [0, 0.05) is 23.1 Å². The summed E-state index contributed by atoms with van der Waals surface area (Å²) in [6.07, 6.45) is -0.0897. The van der Waals surface area contributed by atoms with Crippen molar-refractivity contribution in [3.05, 3.63) is 58.6 Å². The first-order valence-electron chi connectivity index (χ1n) is 7.26. The van der Waals surface area contributed by atoms with Gasteiger partial charge < -0.3 is 10.2 Å². The van der Waals surface area contributed by atoms with Gasteiger partial charge in [0.15, 0.2) is 0 Å². The number of benzene rings is 2. The molecule has 24 heavy (non-hydrogen) atoms. The molecule has 1 saturated heterocycles. The van der Waals surface area contributed by atoms with Crippen LogP contribution in [0.15, 0.2) is 46.9 Å². The molecule has 0 saturated carbocycles. The van der Waals surface area contributed by atoms with E-state index in [0.717, 1.165) is 21.5 Å². The molecule has 4 nitrogen and oxygen atoms in total. The number of nitrogens with one attached hydrogen (secondary N) is 1. The minimum absolute atomic E-state index is 0.0590. The fraction of sp³-hybridized carbons (Fsp3) is 0.176. The normalized spacial score (nSPS) is 17.2. The summed E-state index contributed by atoms with van der Waals surface area (Å²) < 4.78 is 28.5. The van der Waals surface area contributed by atoms with E-state index in [1.54, 1.807) is 18.2 Å². The van der Waals surface area contributed by atoms with Crippen LogP contribution in [0.3, 0.4) is 0 Å². The standard InChI is InChI=1S/C17H13BrF2N2O2/c18-11-3-1-4-12(8-11)21-17(24)10-7-15(23)22(9-10)16-13(19)5-2-6-14(16)20/h1-6,8,10H,7,9H2,(H,21,24). The van der Waals surface area contributed by atoms with Crippen molar-refractivity contribution in [3.63, 3.8) is 0 Å². The molecule has 2 amide bonds. The van der Waals surface area contributed by atoms with E-state index >= 15 is 0 Å². The van der Waals surface area contributed by atoms with Crippen LogP contribution in [0.4, 0.5) is 20.2 Å². The first-order chi connectivity index (χ1) is 11.5. The Bertz CT molecular complexity index is 793. The van der Waals surface area contributed by atoms with Gasteiger partial charge in [-0.15, -0.1) is 0 Å². The van der Waals surface area contributed by atoms with Crippen molar-refractivity contribution in [3.8, 4) is 0 Å². The molecule has 0 spiro atoms. The Hall–Kier alpha value is -2.28. The van der Waals surface area contributed by atoms with Gasteiger partial charge in [0.2, 0.25) is 11.8 Å². The van der Waals surface area contributed by atoms with Crippen molar-refractivity contribution in [1.82, 2.24) is 0 Å². The number of amides is 2. The van der Waals surface area contributed by atoms with E-state index < -0.39 is 29.1 Å². The van der Waals surface area contributed by atoms with Gasteiger partial charge in [-0.3, -0.25) is 9.59 Å². The summed E-state index contributed by atoms with van der Waals surface area (Å²) in [5, 5.41) is 2.71. The lowest BCUT2D eigenvalue weighted by Crippen LogP contribution is -2.29. The van der Waals surface area contributed by atoms with Crippen LogP contribution in [0.25, 0.3) is 0 Å². The summed E-state index contributed by atoms with van der Waals surface area (Å²) in [5.74, 6) is -3.16. The Balaban J connectivity index is 1.76. The highest BCUT2D eigenvalue weighted by Crippen LogP contribution is 2.30. The maximum absolute atomic E-state index is 13.9. The van der Waals surface area contributed by atoms with Crippen LogP contribution in [-0.4, -0.2) is 18.4 Å². The lowest BCUT2D eigenvalue weighted by molar-refractivity contribution is -0.122. The van der Waals surface area contributed by atoms with Crippen LogP contribution in [-0.2, 0) is 9.59 Å². The summed E-state index contributed by atoms with van der Waals surface area (Å²) in [6, 6.07) is 10.4. The average Bonchev–Trinajstić information content (AvgIpc) is 2.89. The van der Waals surface area contributed by atoms with Crippen LogP contribution in [0.2, 0.25) is 0 Å². The first kappa shape index (κ1) is 16.6. The molecule has 1 heterocycles. The second kappa shape index (κ2) is 6.68. The minimum atomic E-state index is -0.823. The van der Waals surface area contributed by atoms with E-state index in [0.29, 0.717) is 5.69 Å². The minimum Gasteiger partial charge on any atom is -0.326 e. The Kier molecular flexibility index (Phi) is 4.62. The van der Waals surface area contributed by atoms with Gasteiger partial charge >= 0.3 is 0 Å². The number of hydrogen-bond acceptors (Lipinski definition) is 2. The monoisotopic (exact) mass is 394 g/mol. The van der Waals surface area contributed by atoms with E-state index in [4.69, 9.17) is 0 Å². The van der Waals surface area contributed by atoms with Crippen LogP contribution in [0.5, 0.6) is 0 Å². The molecule has 2 aromatic carbocycles. The molecule has 0 aliphatic carbocycles. The number of rotatable bonds is 3. The van der Waals surface area contributed by atoms with Crippen LogP contribution in [0.1, 0.15) is 6.42 Å². The van der Waals surface area contributed by atoms with E-state index in [1.807, 2.05) is 6.07 Å². The smallest absolute Gasteiger partial charge is 0.229 e. The lowest BCUT2D eigenvalue weighted by atomic mass is 10.1. The lowest BCUT2D eigenvalue weighted by Gasteiger charge is -2.18. The van der Waals surface area contributed by atoms with Gasteiger partial charge in [-0.2, -0.15) is 0 Å². The second-order valence-corrected chi connectivity index (χ2v) is 6.39. The number of para-hydroxylation sites is 1. The van der Waals surface area contributed by atoms with Gasteiger partial charge in [0.25, 0.3) is 0 Å². The highest BCUT2D eigenvalue weighted by Gasteiger charge is 2.37. The molecule has 1 N–H and O–H groups in total. The van der Waals surface area contributed by atoms with Crippen molar-refractivity contribution in [2.75, 3.05) is 16.8 Å². The fourth-order valence-electron chi connectivity index (χ4n) is 2.66. The average molecular weight is 395 g/mol. The number of hydrogen-bond donors (Lipinski definition) is 1. The number of nitrogens with zero attached hydrogens (tertiary/aromatic N) is 1. The molecule has 0 bridgehead atoms. The Morgan fingerprint density at radius 3 is 2.50 bits per heavy atom. The molecule has 0 aromatic heterocycles. The number of carbonyl (C=O) groups excluding carboxylic acids is 2. The van der Waals surface area contributed by atoms with Crippen molar-refractivity contribution in [1.29, 1.82) is 0 Å². The third-order valence-electron chi connectivity index (χ3n) is 3.80. The van der Waals surface area contributed by atoms with Gasteiger partial charge in [0.1, 0.15) is 17.3 Å². The van der Waals surface area contributed by atoms with Gasteiger partial charge in [-0.25, -0.2) is 8.78 Å². The Morgan fingerprint density at radius 2 is 1.83 bits per heavy atom. The molecular formula is C17H13BrF2N2O2. The van der Waals surface area contributed by atoms with E-state index in [9.17, 15) is 18.4 Å². The summed E-state index contributed by atoms with van der Waals surface area (Å²) in [4.78, 5) is 25.4. The summed E-state index contributed by atoms with van der Waals surface area (Å²) in [6.45, 7) is -0.0590. The molecular weight excluding hydrogens is 382 g/mol. The summed E-state index contributed by atoms with van der Waals surface area (Å²) in [5.41, 5.74) is 0.178. The van der Waals surface area contributed by atoms with E-state index in [2.05, 4.69) is 21.2 Å². The highest BCUT2D eigenvalue weighted by atomic mass is 79.9. The summed E-state index contributed by atoms with van der Waals surface area (Å²) >= 11 is 3.30. The quantitative estimate of drug-likeness (QED) is 0.862. The maximum atomic E-state index is 13.9. The molecule has 1 atom stereocenters. The molecule has 1 aliphatic rings. The van der Waals surface area contributed by atoms with E-state index in [-0.39, 0.29) is 18.9 Å². The molecule has 0 radical (unpaired) electrons. The Morgan fingerprint density at radius 1 is 1.17 bits per heavy atom. The van der Waals surface area contributed by atoms with Gasteiger partial charge in [-0.1, -0.05) is 28.1 Å². The van der Waals surface area contributed by atoms with Crippen molar-refractivity contribution in [2.24, 2.45) is 5.92 Å². The maximum Gasteiger partial charge on any atom is 0.229 e. The van der Waals surface area contributed by atoms with Crippen molar-refractivity contribution >= 4 is 39.1 Å². The molecule has 2 aromatic rings. The predicted molar refractivity (Wildman–Crippen MR) is 89.6 cm³/mol. The third kappa shape index (κ3) is 3.31. The third-order valence-corrected chi connectivity index (χ3v) is 4.29. The van der Waals surface area contributed by atoms with Crippen LogP contribution in [0, 0.1) is 17.6 Å². The van der Waals surface area contributed by atoms with Gasteiger partial charge in [-0.05, 0) is 30.3 Å². The summed E-state index contributed by atoms with van der Waals surface area (Å²) in [7, 11) is 0. The fourth-order valence-corrected chi connectivity index (χ4v) is 3.06. The zero-order valence-electron chi connectivity index (χ0n) is 12.4. The molecule has 7 heteroatoms. The number of carbonyl (C=O) groups is 2. The molecule has 1 fully saturated rings. The zero-order chi connectivity index (χ0) is 17.3. The Labute approximate surface area is 145 Å².